The zero-order valence-corrected chi connectivity index (χ0v) is 15.6. The molecule has 4 heteroatoms. The van der Waals surface area contributed by atoms with Crippen LogP contribution < -0.4 is 0 Å². The summed E-state index contributed by atoms with van der Waals surface area (Å²) in [5.74, 6) is 3.37. The molecule has 1 saturated heterocycles. The Balaban J connectivity index is 1.39. The predicted octanol–water partition coefficient (Wildman–Crippen LogP) is 3.90. The molecule has 6 aliphatic carbocycles. The number of fused-ring (bicyclic) bond motifs is 4. The highest BCUT2D eigenvalue weighted by Gasteiger charge is 2.50. The molecule has 0 amide bonds. The fraction of sp³-hybridized carbons (Fsp3) is 1.00. The monoisotopic (exact) mass is 352 g/mol. The van der Waals surface area contributed by atoms with Gasteiger partial charge in [-0.1, -0.05) is 0 Å². The van der Waals surface area contributed by atoms with E-state index in [1.807, 2.05) is 0 Å². The maximum absolute atomic E-state index is 6.43. The molecule has 0 aromatic heterocycles. The highest BCUT2D eigenvalue weighted by molar-refractivity contribution is 8.00. The number of rotatable bonds is 0. The van der Waals surface area contributed by atoms with Gasteiger partial charge in [0.1, 0.15) is 0 Å². The maximum atomic E-state index is 6.43. The van der Waals surface area contributed by atoms with Crippen LogP contribution in [0.5, 0.6) is 0 Å². The van der Waals surface area contributed by atoms with Crippen molar-refractivity contribution in [2.24, 2.45) is 23.7 Å². The minimum atomic E-state index is 0.478. The van der Waals surface area contributed by atoms with E-state index >= 15 is 0 Å². The van der Waals surface area contributed by atoms with Crippen molar-refractivity contribution in [3.63, 3.8) is 0 Å². The number of hydrogen-bond acceptors (Lipinski definition) is 4. The van der Waals surface area contributed by atoms with E-state index in [2.05, 4.69) is 11.8 Å². The molecule has 1 heterocycles. The van der Waals surface area contributed by atoms with Crippen molar-refractivity contribution in [3.05, 3.63) is 0 Å². The van der Waals surface area contributed by atoms with E-state index in [1.54, 1.807) is 0 Å². The normalized spacial score (nSPS) is 52.0. The van der Waals surface area contributed by atoms with Gasteiger partial charge in [0.15, 0.2) is 0 Å². The summed E-state index contributed by atoms with van der Waals surface area (Å²) in [6.45, 7) is 3.00. The summed E-state index contributed by atoms with van der Waals surface area (Å²) in [4.78, 5) is 0. The lowest BCUT2D eigenvalue weighted by Crippen LogP contribution is -2.53. The Hall–Kier alpha value is 0.230. The van der Waals surface area contributed by atoms with Gasteiger partial charge in [0.25, 0.3) is 0 Å². The third-order valence-corrected chi connectivity index (χ3v) is 9.46. The highest BCUT2D eigenvalue weighted by atomic mass is 32.2. The van der Waals surface area contributed by atoms with E-state index in [4.69, 9.17) is 14.2 Å². The summed E-state index contributed by atoms with van der Waals surface area (Å²) < 4.78 is 18.6. The lowest BCUT2D eigenvalue weighted by atomic mass is 9.68. The van der Waals surface area contributed by atoms with Crippen molar-refractivity contribution in [1.29, 1.82) is 0 Å². The lowest BCUT2D eigenvalue weighted by molar-refractivity contribution is -0.0901. The average molecular weight is 353 g/mol. The SMILES string of the molecule is C1CO[C@@H]2C3CCC(CC3)[C@H]2S[C@H]2C3CCC(CC3)[C@@H]2OCCO1. The zero-order chi connectivity index (χ0) is 15.9. The quantitative estimate of drug-likeness (QED) is 0.661. The van der Waals surface area contributed by atoms with E-state index in [0.29, 0.717) is 22.7 Å². The van der Waals surface area contributed by atoms with Crippen molar-refractivity contribution in [2.45, 2.75) is 74.1 Å². The Morgan fingerprint density at radius 3 is 1.38 bits per heavy atom. The van der Waals surface area contributed by atoms with E-state index in [9.17, 15) is 0 Å². The van der Waals surface area contributed by atoms with Crippen LogP contribution >= 0.6 is 11.8 Å². The Kier molecular flexibility index (Phi) is 4.85. The molecule has 0 N–H and O–H groups in total. The lowest BCUT2D eigenvalue weighted by Gasteiger charge is -2.53. The van der Waals surface area contributed by atoms with Gasteiger partial charge in [0.05, 0.1) is 38.6 Å². The summed E-state index contributed by atoms with van der Waals surface area (Å²) in [5.41, 5.74) is 0. The van der Waals surface area contributed by atoms with Crippen LogP contribution in [-0.4, -0.2) is 49.1 Å². The van der Waals surface area contributed by atoms with Crippen LogP contribution in [0.25, 0.3) is 0 Å². The first-order chi connectivity index (χ1) is 11.9. The van der Waals surface area contributed by atoms with Crippen molar-refractivity contribution in [3.8, 4) is 0 Å². The molecular formula is C20H32O3S. The Morgan fingerprint density at radius 2 is 0.917 bits per heavy atom. The molecule has 7 aliphatic rings. The minimum Gasteiger partial charge on any atom is -0.377 e. The third-order valence-electron chi connectivity index (χ3n) is 7.53. The van der Waals surface area contributed by atoms with E-state index in [1.165, 1.54) is 51.4 Å². The Morgan fingerprint density at radius 1 is 0.500 bits per heavy atom. The van der Waals surface area contributed by atoms with Crippen LogP contribution in [0.3, 0.4) is 0 Å². The molecule has 0 unspecified atom stereocenters. The van der Waals surface area contributed by atoms with Crippen LogP contribution in [0.4, 0.5) is 0 Å². The van der Waals surface area contributed by atoms with Gasteiger partial charge < -0.3 is 14.2 Å². The number of ether oxygens (including phenoxy) is 3. The first-order valence-electron chi connectivity index (χ1n) is 10.4. The topological polar surface area (TPSA) is 27.7 Å². The molecule has 4 atom stereocenters. The number of thioether (sulfide) groups is 1. The molecule has 1 aliphatic heterocycles. The van der Waals surface area contributed by atoms with E-state index in [0.717, 1.165) is 50.1 Å². The van der Waals surface area contributed by atoms with Gasteiger partial charge in [0.2, 0.25) is 0 Å². The van der Waals surface area contributed by atoms with E-state index in [-0.39, 0.29) is 0 Å². The summed E-state index contributed by atoms with van der Waals surface area (Å²) >= 11 is 2.31. The molecule has 7 rings (SSSR count). The van der Waals surface area contributed by atoms with Gasteiger partial charge in [-0.15, -0.1) is 11.8 Å². The minimum absolute atomic E-state index is 0.478. The first kappa shape index (κ1) is 16.4. The van der Waals surface area contributed by atoms with E-state index < -0.39 is 0 Å². The van der Waals surface area contributed by atoms with Crippen molar-refractivity contribution < 1.29 is 14.2 Å². The Bertz CT molecular complexity index is 391. The third kappa shape index (κ3) is 2.95. The van der Waals surface area contributed by atoms with Gasteiger partial charge in [-0.2, -0.15) is 0 Å². The van der Waals surface area contributed by atoms with Crippen LogP contribution in [-0.2, 0) is 14.2 Å². The second kappa shape index (κ2) is 7.09. The summed E-state index contributed by atoms with van der Waals surface area (Å²) in [6, 6.07) is 0. The molecule has 24 heavy (non-hydrogen) atoms. The molecule has 3 nitrogen and oxygen atoms in total. The molecule has 6 saturated carbocycles. The summed E-state index contributed by atoms with van der Waals surface area (Å²) in [6.07, 6.45) is 12.3. The fourth-order valence-electron chi connectivity index (χ4n) is 6.29. The molecule has 136 valence electrons. The van der Waals surface area contributed by atoms with Gasteiger partial charge in [-0.3, -0.25) is 0 Å². The molecule has 0 aromatic carbocycles. The largest absolute Gasteiger partial charge is 0.377 e. The Labute approximate surface area is 150 Å². The zero-order valence-electron chi connectivity index (χ0n) is 14.7. The second-order valence-corrected chi connectivity index (χ2v) is 10.1. The fourth-order valence-corrected chi connectivity index (χ4v) is 8.55. The molecule has 0 radical (unpaired) electrons. The molecular weight excluding hydrogens is 320 g/mol. The average Bonchev–Trinajstić information content (AvgIpc) is 2.63. The van der Waals surface area contributed by atoms with Crippen molar-refractivity contribution in [1.82, 2.24) is 0 Å². The van der Waals surface area contributed by atoms with Gasteiger partial charge in [-0.25, -0.2) is 0 Å². The second-order valence-electron chi connectivity index (χ2n) is 8.70. The van der Waals surface area contributed by atoms with Crippen LogP contribution in [0.15, 0.2) is 0 Å². The molecule has 4 bridgehead atoms. The molecule has 0 aromatic rings. The molecule has 7 fully saturated rings. The van der Waals surface area contributed by atoms with Gasteiger partial charge in [-0.05, 0) is 75.0 Å². The van der Waals surface area contributed by atoms with Gasteiger partial charge >= 0.3 is 0 Å². The summed E-state index contributed by atoms with van der Waals surface area (Å²) in [5, 5.41) is 1.43. The number of hydrogen-bond donors (Lipinski definition) is 0. The smallest absolute Gasteiger partial charge is 0.0725 e. The predicted molar refractivity (Wildman–Crippen MR) is 96.4 cm³/mol. The maximum Gasteiger partial charge on any atom is 0.0725 e. The first-order valence-corrected chi connectivity index (χ1v) is 11.3. The summed E-state index contributed by atoms with van der Waals surface area (Å²) in [7, 11) is 0. The van der Waals surface area contributed by atoms with Gasteiger partial charge in [0, 0.05) is 10.5 Å². The highest BCUT2D eigenvalue weighted by Crippen LogP contribution is 2.54. The standard InChI is InChI=1S/C20H32O3S/c1-5-15-6-2-13(1)17-19(15)24-20-16-7-3-14(4-8-16)18(20)23-12-10-21-9-11-22-17/h13-20H,1-12H2/t13?,14?,15?,16?,17-,18+,19-,20+. The van der Waals surface area contributed by atoms with Crippen LogP contribution in [0.1, 0.15) is 51.4 Å². The van der Waals surface area contributed by atoms with Crippen LogP contribution in [0, 0.1) is 23.7 Å². The van der Waals surface area contributed by atoms with Crippen molar-refractivity contribution in [2.75, 3.05) is 26.4 Å². The van der Waals surface area contributed by atoms with Crippen LogP contribution in [0.2, 0.25) is 0 Å². The molecule has 0 spiro atoms. The van der Waals surface area contributed by atoms with Crippen molar-refractivity contribution >= 4 is 11.8 Å².